The first kappa shape index (κ1) is 14.3. The van der Waals surface area contributed by atoms with Crippen molar-refractivity contribution in [3.8, 4) is 0 Å². The molecule has 1 saturated heterocycles. The van der Waals surface area contributed by atoms with Crippen LogP contribution < -0.4 is 0 Å². The summed E-state index contributed by atoms with van der Waals surface area (Å²) in [6, 6.07) is 6.56. The monoisotopic (exact) mass is 289 g/mol. The maximum atomic E-state index is 12.9. The van der Waals surface area contributed by atoms with E-state index >= 15 is 0 Å². The van der Waals surface area contributed by atoms with Crippen molar-refractivity contribution in [1.29, 1.82) is 0 Å². The van der Waals surface area contributed by atoms with Gasteiger partial charge in [0.1, 0.15) is 5.82 Å². The van der Waals surface area contributed by atoms with Crippen LogP contribution in [-0.2, 0) is 9.53 Å². The SMILES string of the molecule is O=C(C[C@@H]1CCOC1)N1CC=C(c2ccc(F)cc2)CC1. The average molecular weight is 289 g/mol. The molecule has 0 radical (unpaired) electrons. The van der Waals surface area contributed by atoms with Gasteiger partial charge in [-0.15, -0.1) is 0 Å². The molecule has 1 atom stereocenters. The van der Waals surface area contributed by atoms with E-state index in [2.05, 4.69) is 6.08 Å². The molecule has 0 saturated carbocycles. The lowest BCUT2D eigenvalue weighted by molar-refractivity contribution is -0.131. The van der Waals surface area contributed by atoms with Gasteiger partial charge in [-0.25, -0.2) is 4.39 Å². The molecule has 1 amide bonds. The zero-order valence-electron chi connectivity index (χ0n) is 12.1. The van der Waals surface area contributed by atoms with Gasteiger partial charge in [0.25, 0.3) is 0 Å². The highest BCUT2D eigenvalue weighted by Crippen LogP contribution is 2.24. The van der Waals surface area contributed by atoms with Gasteiger partial charge in [0.2, 0.25) is 5.91 Å². The van der Waals surface area contributed by atoms with Gasteiger partial charge in [0, 0.05) is 32.7 Å². The summed E-state index contributed by atoms with van der Waals surface area (Å²) in [5.74, 6) is 0.394. The van der Waals surface area contributed by atoms with E-state index in [0.29, 0.717) is 18.9 Å². The number of amides is 1. The number of hydrogen-bond acceptors (Lipinski definition) is 2. The van der Waals surface area contributed by atoms with Crippen LogP contribution in [0.3, 0.4) is 0 Å². The lowest BCUT2D eigenvalue weighted by atomic mass is 9.98. The van der Waals surface area contributed by atoms with Crippen LogP contribution >= 0.6 is 0 Å². The number of ether oxygens (including phenoxy) is 1. The molecule has 0 aromatic heterocycles. The van der Waals surface area contributed by atoms with Crippen molar-refractivity contribution in [2.75, 3.05) is 26.3 Å². The number of carbonyl (C=O) groups excluding carboxylic acids is 1. The van der Waals surface area contributed by atoms with E-state index in [-0.39, 0.29) is 11.7 Å². The predicted octanol–water partition coefficient (Wildman–Crippen LogP) is 2.87. The van der Waals surface area contributed by atoms with Crippen LogP contribution in [0.1, 0.15) is 24.8 Å². The van der Waals surface area contributed by atoms with Gasteiger partial charge >= 0.3 is 0 Å². The molecule has 2 heterocycles. The third kappa shape index (κ3) is 3.50. The Morgan fingerprint density at radius 2 is 2.14 bits per heavy atom. The molecule has 0 unspecified atom stereocenters. The Labute approximate surface area is 124 Å². The minimum Gasteiger partial charge on any atom is -0.381 e. The van der Waals surface area contributed by atoms with Crippen molar-refractivity contribution in [3.05, 3.63) is 41.7 Å². The number of nitrogens with zero attached hydrogens (tertiary/aromatic N) is 1. The zero-order chi connectivity index (χ0) is 14.7. The van der Waals surface area contributed by atoms with Gasteiger partial charge in [0.15, 0.2) is 0 Å². The number of halogens is 1. The van der Waals surface area contributed by atoms with Crippen molar-refractivity contribution < 1.29 is 13.9 Å². The number of rotatable bonds is 3. The van der Waals surface area contributed by atoms with E-state index in [4.69, 9.17) is 4.74 Å². The molecule has 0 N–H and O–H groups in total. The Balaban J connectivity index is 1.58. The van der Waals surface area contributed by atoms with Gasteiger partial charge in [-0.1, -0.05) is 18.2 Å². The van der Waals surface area contributed by atoms with E-state index in [1.54, 1.807) is 12.1 Å². The quantitative estimate of drug-likeness (QED) is 0.856. The fourth-order valence-corrected chi connectivity index (χ4v) is 2.94. The van der Waals surface area contributed by atoms with Crippen molar-refractivity contribution in [2.45, 2.75) is 19.3 Å². The first-order valence-electron chi connectivity index (χ1n) is 7.53. The zero-order valence-corrected chi connectivity index (χ0v) is 12.1. The third-order valence-electron chi connectivity index (χ3n) is 4.26. The van der Waals surface area contributed by atoms with Crippen LogP contribution in [0.5, 0.6) is 0 Å². The van der Waals surface area contributed by atoms with Gasteiger partial charge in [-0.05, 0) is 42.0 Å². The van der Waals surface area contributed by atoms with E-state index in [1.807, 2.05) is 4.90 Å². The summed E-state index contributed by atoms with van der Waals surface area (Å²) in [5, 5.41) is 0. The van der Waals surface area contributed by atoms with Crippen LogP contribution in [0.15, 0.2) is 30.3 Å². The first-order valence-corrected chi connectivity index (χ1v) is 7.53. The molecule has 112 valence electrons. The smallest absolute Gasteiger partial charge is 0.223 e. The summed E-state index contributed by atoms with van der Waals surface area (Å²) < 4.78 is 18.2. The molecule has 0 spiro atoms. The summed E-state index contributed by atoms with van der Waals surface area (Å²) in [5.41, 5.74) is 2.25. The summed E-state index contributed by atoms with van der Waals surface area (Å²) in [7, 11) is 0. The largest absolute Gasteiger partial charge is 0.381 e. The average Bonchev–Trinajstić information content (AvgIpc) is 3.01. The molecule has 4 heteroatoms. The molecule has 2 aliphatic heterocycles. The normalized spacial score (nSPS) is 22.2. The molecule has 1 fully saturated rings. The summed E-state index contributed by atoms with van der Waals surface area (Å²) in [6.07, 6.45) is 4.51. The van der Waals surface area contributed by atoms with Crippen LogP contribution in [-0.4, -0.2) is 37.1 Å². The van der Waals surface area contributed by atoms with E-state index < -0.39 is 0 Å². The standard InChI is InChI=1S/C17H20FNO2/c18-16-3-1-14(2-4-16)15-5-8-19(9-6-15)17(20)11-13-7-10-21-12-13/h1-5,13H,6-12H2/t13-/m0/s1. The minimum atomic E-state index is -0.217. The molecule has 0 aliphatic carbocycles. The van der Waals surface area contributed by atoms with Gasteiger partial charge < -0.3 is 9.64 Å². The van der Waals surface area contributed by atoms with Crippen LogP contribution in [0.25, 0.3) is 5.57 Å². The maximum absolute atomic E-state index is 12.9. The second kappa shape index (κ2) is 6.39. The van der Waals surface area contributed by atoms with Crippen molar-refractivity contribution >= 4 is 11.5 Å². The number of benzene rings is 1. The van der Waals surface area contributed by atoms with Crippen molar-refractivity contribution in [3.63, 3.8) is 0 Å². The van der Waals surface area contributed by atoms with E-state index in [0.717, 1.165) is 38.2 Å². The van der Waals surface area contributed by atoms with E-state index in [9.17, 15) is 9.18 Å². The number of carbonyl (C=O) groups is 1. The molecule has 21 heavy (non-hydrogen) atoms. The Kier molecular flexibility index (Phi) is 4.34. The molecule has 1 aromatic rings. The summed E-state index contributed by atoms with van der Waals surface area (Å²) >= 11 is 0. The van der Waals surface area contributed by atoms with Crippen LogP contribution in [0.2, 0.25) is 0 Å². The fraction of sp³-hybridized carbons (Fsp3) is 0.471. The Morgan fingerprint density at radius 3 is 2.76 bits per heavy atom. The molecular formula is C17H20FNO2. The highest BCUT2D eigenvalue weighted by atomic mass is 19.1. The first-order chi connectivity index (χ1) is 10.2. The van der Waals surface area contributed by atoms with Gasteiger partial charge in [-0.2, -0.15) is 0 Å². The summed E-state index contributed by atoms with van der Waals surface area (Å²) in [4.78, 5) is 14.1. The highest BCUT2D eigenvalue weighted by Gasteiger charge is 2.23. The third-order valence-corrected chi connectivity index (χ3v) is 4.26. The highest BCUT2D eigenvalue weighted by molar-refractivity contribution is 5.78. The van der Waals surface area contributed by atoms with Crippen molar-refractivity contribution in [1.82, 2.24) is 4.90 Å². The lowest BCUT2D eigenvalue weighted by Gasteiger charge is -2.27. The molecule has 2 aliphatic rings. The maximum Gasteiger partial charge on any atom is 0.223 e. The Bertz CT molecular complexity index is 532. The molecule has 1 aromatic carbocycles. The van der Waals surface area contributed by atoms with Crippen molar-refractivity contribution in [2.24, 2.45) is 5.92 Å². The van der Waals surface area contributed by atoms with Crippen LogP contribution in [0.4, 0.5) is 4.39 Å². The Hall–Kier alpha value is -1.68. The summed E-state index contributed by atoms with van der Waals surface area (Å²) in [6.45, 7) is 2.90. The fourth-order valence-electron chi connectivity index (χ4n) is 2.94. The number of hydrogen-bond donors (Lipinski definition) is 0. The second-order valence-corrected chi connectivity index (χ2v) is 5.76. The Morgan fingerprint density at radius 1 is 1.33 bits per heavy atom. The van der Waals surface area contributed by atoms with Gasteiger partial charge in [0.05, 0.1) is 0 Å². The molecule has 0 bridgehead atoms. The van der Waals surface area contributed by atoms with E-state index in [1.165, 1.54) is 17.7 Å². The molecular weight excluding hydrogens is 269 g/mol. The predicted molar refractivity (Wildman–Crippen MR) is 79.1 cm³/mol. The topological polar surface area (TPSA) is 29.5 Å². The van der Waals surface area contributed by atoms with Gasteiger partial charge in [-0.3, -0.25) is 4.79 Å². The molecule has 3 nitrogen and oxygen atoms in total. The lowest BCUT2D eigenvalue weighted by Crippen LogP contribution is -2.35. The molecule has 3 rings (SSSR count). The minimum absolute atomic E-state index is 0.217. The van der Waals surface area contributed by atoms with Crippen LogP contribution in [0, 0.1) is 11.7 Å². The second-order valence-electron chi connectivity index (χ2n) is 5.76.